The zero-order valence-electron chi connectivity index (χ0n) is 10.6. The predicted octanol–water partition coefficient (Wildman–Crippen LogP) is 2.54. The van der Waals surface area contributed by atoms with Crippen molar-refractivity contribution in [3.63, 3.8) is 0 Å². The van der Waals surface area contributed by atoms with Gasteiger partial charge in [0.1, 0.15) is 12.4 Å². The molecule has 0 unspecified atom stereocenters. The third kappa shape index (κ3) is 2.96. The lowest BCUT2D eigenvalue weighted by molar-refractivity contribution is 0.213. The maximum absolute atomic E-state index is 5.75. The van der Waals surface area contributed by atoms with Crippen molar-refractivity contribution < 1.29 is 9.26 Å². The lowest BCUT2D eigenvalue weighted by atomic mass is 10.2. The van der Waals surface area contributed by atoms with E-state index in [4.69, 9.17) is 9.26 Å². The van der Waals surface area contributed by atoms with Gasteiger partial charge in [-0.05, 0) is 18.2 Å². The second kappa shape index (κ2) is 5.30. The number of aromatic nitrogens is 2. The van der Waals surface area contributed by atoms with Gasteiger partial charge in [0.25, 0.3) is 0 Å². The van der Waals surface area contributed by atoms with E-state index in [1.54, 1.807) is 6.92 Å². The van der Waals surface area contributed by atoms with Crippen LogP contribution in [0.2, 0.25) is 0 Å². The zero-order valence-corrected chi connectivity index (χ0v) is 12.2. The minimum absolute atomic E-state index is 0.601. The monoisotopic (exact) mass is 323 g/mol. The number of ether oxygens (including phenoxy) is 1. The third-order valence-electron chi connectivity index (χ3n) is 3.02. The Bertz CT molecular complexity index is 585. The molecule has 2 heterocycles. The van der Waals surface area contributed by atoms with Gasteiger partial charge in [0.05, 0.1) is 6.54 Å². The summed E-state index contributed by atoms with van der Waals surface area (Å²) in [5, 5.41) is 3.94. The van der Waals surface area contributed by atoms with Gasteiger partial charge >= 0.3 is 0 Å². The summed E-state index contributed by atoms with van der Waals surface area (Å²) < 4.78 is 11.8. The van der Waals surface area contributed by atoms with Crippen molar-refractivity contribution in [1.29, 1.82) is 0 Å². The van der Waals surface area contributed by atoms with Crippen molar-refractivity contribution in [1.82, 2.24) is 15.0 Å². The van der Waals surface area contributed by atoms with E-state index in [-0.39, 0.29) is 0 Å². The first kappa shape index (κ1) is 12.6. The summed E-state index contributed by atoms with van der Waals surface area (Å²) in [5.41, 5.74) is 1.17. The summed E-state index contributed by atoms with van der Waals surface area (Å²) in [7, 11) is 0. The molecular formula is C13H14BrN3O2. The molecule has 0 bridgehead atoms. The van der Waals surface area contributed by atoms with E-state index < -0.39 is 0 Å². The van der Waals surface area contributed by atoms with E-state index in [2.05, 4.69) is 37.0 Å². The molecule has 0 atom stereocenters. The molecule has 100 valence electrons. The number of aryl methyl sites for hydroxylation is 1. The largest absolute Gasteiger partial charge is 0.492 e. The van der Waals surface area contributed by atoms with E-state index in [0.717, 1.165) is 29.1 Å². The molecule has 0 amide bonds. The number of nitrogens with zero attached hydrogens (tertiary/aromatic N) is 3. The Morgan fingerprint density at radius 2 is 2.32 bits per heavy atom. The van der Waals surface area contributed by atoms with Gasteiger partial charge in [-0.25, -0.2) is 0 Å². The number of halogens is 1. The normalized spacial score (nSPS) is 15.7. The topological polar surface area (TPSA) is 51.4 Å². The molecule has 0 aliphatic carbocycles. The quantitative estimate of drug-likeness (QED) is 0.850. The van der Waals surface area contributed by atoms with Crippen molar-refractivity contribution in [2.24, 2.45) is 0 Å². The Labute approximate surface area is 119 Å². The number of fused-ring (bicyclic) bond motifs is 1. The fourth-order valence-electron chi connectivity index (χ4n) is 2.16. The molecule has 6 heteroatoms. The summed E-state index contributed by atoms with van der Waals surface area (Å²) in [6.45, 7) is 4.81. The van der Waals surface area contributed by atoms with Crippen molar-refractivity contribution in [3.8, 4) is 5.75 Å². The minimum Gasteiger partial charge on any atom is -0.492 e. The Balaban J connectivity index is 1.77. The van der Waals surface area contributed by atoms with Gasteiger partial charge in [-0.3, -0.25) is 4.90 Å². The smallest absolute Gasteiger partial charge is 0.223 e. The van der Waals surface area contributed by atoms with Crippen LogP contribution in [0.15, 0.2) is 27.2 Å². The Hall–Kier alpha value is -1.40. The SMILES string of the molecule is Cc1nc(CN2CCOc3ccc(Br)cc3C2)no1. The first-order valence-corrected chi connectivity index (χ1v) is 6.93. The fraction of sp³-hybridized carbons (Fsp3) is 0.385. The van der Waals surface area contributed by atoms with Crippen LogP contribution in [0.5, 0.6) is 5.75 Å². The fourth-order valence-corrected chi connectivity index (χ4v) is 2.57. The van der Waals surface area contributed by atoms with E-state index in [1.807, 2.05) is 12.1 Å². The Kier molecular flexibility index (Phi) is 3.52. The molecule has 1 aromatic carbocycles. The standard InChI is InChI=1S/C13H14BrN3O2/c1-9-15-13(16-19-9)8-17-4-5-18-12-3-2-11(14)6-10(12)7-17/h2-3,6H,4-5,7-8H2,1H3. The highest BCUT2D eigenvalue weighted by molar-refractivity contribution is 9.10. The van der Waals surface area contributed by atoms with Crippen LogP contribution in [0.3, 0.4) is 0 Å². The Morgan fingerprint density at radius 3 is 3.11 bits per heavy atom. The summed E-state index contributed by atoms with van der Waals surface area (Å²) in [4.78, 5) is 6.49. The first-order valence-electron chi connectivity index (χ1n) is 6.13. The van der Waals surface area contributed by atoms with Crippen LogP contribution >= 0.6 is 15.9 Å². The lowest BCUT2D eigenvalue weighted by Gasteiger charge is -2.16. The van der Waals surface area contributed by atoms with Gasteiger partial charge in [0, 0.05) is 30.0 Å². The molecular weight excluding hydrogens is 310 g/mol. The second-order valence-corrected chi connectivity index (χ2v) is 5.46. The highest BCUT2D eigenvalue weighted by Gasteiger charge is 2.17. The van der Waals surface area contributed by atoms with E-state index in [9.17, 15) is 0 Å². The highest BCUT2D eigenvalue weighted by atomic mass is 79.9. The highest BCUT2D eigenvalue weighted by Crippen LogP contribution is 2.26. The number of hydrogen-bond donors (Lipinski definition) is 0. The molecule has 19 heavy (non-hydrogen) atoms. The third-order valence-corrected chi connectivity index (χ3v) is 3.51. The molecule has 1 aliphatic heterocycles. The maximum Gasteiger partial charge on any atom is 0.223 e. The van der Waals surface area contributed by atoms with Gasteiger partial charge < -0.3 is 9.26 Å². The van der Waals surface area contributed by atoms with Crippen LogP contribution in [-0.2, 0) is 13.1 Å². The zero-order chi connectivity index (χ0) is 13.2. The minimum atomic E-state index is 0.601. The predicted molar refractivity (Wildman–Crippen MR) is 72.8 cm³/mol. The van der Waals surface area contributed by atoms with E-state index in [1.165, 1.54) is 5.56 Å². The summed E-state index contributed by atoms with van der Waals surface area (Å²) >= 11 is 3.49. The van der Waals surface area contributed by atoms with Gasteiger partial charge in [0.2, 0.25) is 5.89 Å². The van der Waals surface area contributed by atoms with Crippen LogP contribution < -0.4 is 4.74 Å². The van der Waals surface area contributed by atoms with E-state index in [0.29, 0.717) is 19.0 Å². The molecule has 0 radical (unpaired) electrons. The molecule has 2 aromatic rings. The molecule has 5 nitrogen and oxygen atoms in total. The van der Waals surface area contributed by atoms with Crippen LogP contribution in [0, 0.1) is 6.92 Å². The summed E-state index contributed by atoms with van der Waals surface area (Å²) in [6.07, 6.45) is 0. The lowest BCUT2D eigenvalue weighted by Crippen LogP contribution is -2.25. The van der Waals surface area contributed by atoms with Crippen LogP contribution in [0.4, 0.5) is 0 Å². The molecule has 1 aromatic heterocycles. The Morgan fingerprint density at radius 1 is 1.42 bits per heavy atom. The van der Waals surface area contributed by atoms with Crippen molar-refractivity contribution in [2.45, 2.75) is 20.0 Å². The van der Waals surface area contributed by atoms with Gasteiger partial charge in [-0.2, -0.15) is 4.98 Å². The molecule has 0 fully saturated rings. The molecule has 0 saturated heterocycles. The van der Waals surface area contributed by atoms with Crippen LogP contribution in [0.1, 0.15) is 17.3 Å². The van der Waals surface area contributed by atoms with Crippen molar-refractivity contribution in [3.05, 3.63) is 40.0 Å². The number of hydrogen-bond acceptors (Lipinski definition) is 5. The first-order chi connectivity index (χ1) is 9.20. The number of rotatable bonds is 2. The van der Waals surface area contributed by atoms with Crippen LogP contribution in [-0.4, -0.2) is 28.2 Å². The molecule has 0 N–H and O–H groups in total. The van der Waals surface area contributed by atoms with Gasteiger partial charge in [-0.15, -0.1) is 0 Å². The maximum atomic E-state index is 5.75. The average molecular weight is 324 g/mol. The summed E-state index contributed by atoms with van der Waals surface area (Å²) in [5.74, 6) is 2.27. The van der Waals surface area contributed by atoms with E-state index >= 15 is 0 Å². The average Bonchev–Trinajstić information content (AvgIpc) is 2.67. The number of benzene rings is 1. The molecule has 1 aliphatic rings. The molecule has 0 saturated carbocycles. The molecule has 3 rings (SSSR count). The van der Waals surface area contributed by atoms with Gasteiger partial charge in [-0.1, -0.05) is 21.1 Å². The van der Waals surface area contributed by atoms with Gasteiger partial charge in [0.15, 0.2) is 5.82 Å². The van der Waals surface area contributed by atoms with Crippen molar-refractivity contribution >= 4 is 15.9 Å². The second-order valence-electron chi connectivity index (χ2n) is 4.54. The summed E-state index contributed by atoms with van der Waals surface area (Å²) in [6, 6.07) is 6.09. The van der Waals surface area contributed by atoms with Crippen molar-refractivity contribution in [2.75, 3.05) is 13.2 Å². The molecule has 0 spiro atoms. The van der Waals surface area contributed by atoms with Crippen LogP contribution in [0.25, 0.3) is 0 Å².